The molecule has 2 aromatic carbocycles. The molecule has 1 amide bonds. The summed E-state index contributed by atoms with van der Waals surface area (Å²) in [7, 11) is 0. The maximum atomic E-state index is 13.3. The van der Waals surface area contributed by atoms with Crippen molar-refractivity contribution < 1.29 is 9.18 Å². The molecule has 0 radical (unpaired) electrons. The molecule has 2 rings (SSSR count). The van der Waals surface area contributed by atoms with Crippen LogP contribution in [0.2, 0.25) is 10.0 Å². The molecular weight excluding hydrogens is 304 g/mol. The summed E-state index contributed by atoms with van der Waals surface area (Å²) >= 11 is 11.8. The molecule has 0 aliphatic heterocycles. The van der Waals surface area contributed by atoms with Gasteiger partial charge in [0.2, 0.25) is 0 Å². The Hall–Kier alpha value is -1.98. The van der Waals surface area contributed by atoms with Crippen molar-refractivity contribution >= 4 is 46.2 Å². The molecule has 0 spiro atoms. The van der Waals surface area contributed by atoms with Crippen molar-refractivity contribution in [2.75, 3.05) is 11.1 Å². The normalized spacial score (nSPS) is 10.3. The van der Waals surface area contributed by atoms with Gasteiger partial charge in [0.25, 0.3) is 5.91 Å². The van der Waals surface area contributed by atoms with Gasteiger partial charge in [0, 0.05) is 16.4 Å². The average molecular weight is 314 g/mol. The number of rotatable bonds is 3. The van der Waals surface area contributed by atoms with E-state index in [2.05, 4.69) is 5.32 Å². The van der Waals surface area contributed by atoms with Gasteiger partial charge in [-0.2, -0.15) is 0 Å². The van der Waals surface area contributed by atoms with Gasteiger partial charge in [0.05, 0.1) is 16.3 Å². The fraction of sp³-hybridized carbons (Fsp3) is 0. The summed E-state index contributed by atoms with van der Waals surface area (Å²) in [6.07, 6.45) is 0. The summed E-state index contributed by atoms with van der Waals surface area (Å²) in [6.45, 7) is 0. The van der Waals surface area contributed by atoms with E-state index in [0.29, 0.717) is 11.4 Å². The second kappa shape index (κ2) is 5.56. The lowest BCUT2D eigenvalue weighted by Gasteiger charge is -2.13. The Kier molecular flexibility index (Phi) is 4.01. The Labute approximate surface area is 124 Å². The van der Waals surface area contributed by atoms with Crippen LogP contribution in [0.25, 0.3) is 0 Å². The molecule has 7 heteroatoms. The van der Waals surface area contributed by atoms with Gasteiger partial charge < -0.3 is 16.8 Å². The number of carbonyl (C=O) groups is 1. The highest BCUT2D eigenvalue weighted by molar-refractivity contribution is 6.34. The Morgan fingerprint density at radius 2 is 1.85 bits per heavy atom. The molecule has 20 heavy (non-hydrogen) atoms. The topological polar surface area (TPSA) is 81.1 Å². The van der Waals surface area contributed by atoms with E-state index in [0.717, 1.165) is 6.07 Å². The van der Waals surface area contributed by atoms with Crippen LogP contribution >= 0.6 is 23.2 Å². The highest BCUT2D eigenvalue weighted by atomic mass is 35.5. The highest BCUT2D eigenvalue weighted by Gasteiger charge is 2.14. The molecule has 5 N–H and O–H groups in total. The second-order valence-corrected chi connectivity index (χ2v) is 4.92. The van der Waals surface area contributed by atoms with Crippen LogP contribution < -0.4 is 16.8 Å². The number of nitrogen functional groups attached to an aromatic ring is 1. The Balaban J connectivity index is 2.50. The molecule has 0 fully saturated rings. The number of nitrogens with one attached hydrogen (secondary N) is 1. The van der Waals surface area contributed by atoms with Crippen molar-refractivity contribution in [2.45, 2.75) is 0 Å². The average Bonchev–Trinajstić information content (AvgIpc) is 2.30. The van der Waals surface area contributed by atoms with Crippen molar-refractivity contribution in [3.8, 4) is 0 Å². The van der Waals surface area contributed by atoms with Crippen molar-refractivity contribution in [1.82, 2.24) is 0 Å². The maximum Gasteiger partial charge on any atom is 0.250 e. The second-order valence-electron chi connectivity index (χ2n) is 4.07. The number of benzene rings is 2. The molecule has 0 saturated carbocycles. The lowest BCUT2D eigenvalue weighted by molar-refractivity contribution is 0.100. The van der Waals surface area contributed by atoms with Gasteiger partial charge in [-0.25, -0.2) is 4.39 Å². The van der Waals surface area contributed by atoms with Gasteiger partial charge in [-0.3, -0.25) is 4.79 Å². The van der Waals surface area contributed by atoms with E-state index < -0.39 is 11.7 Å². The van der Waals surface area contributed by atoms with Crippen LogP contribution in [0, 0.1) is 5.82 Å². The van der Waals surface area contributed by atoms with Gasteiger partial charge in [0.15, 0.2) is 0 Å². The number of carbonyl (C=O) groups excluding carboxylic acids is 1. The highest BCUT2D eigenvalue weighted by Crippen LogP contribution is 2.32. The van der Waals surface area contributed by atoms with E-state index in [1.807, 2.05) is 0 Å². The summed E-state index contributed by atoms with van der Waals surface area (Å²) in [5.41, 5.74) is 11.9. The third kappa shape index (κ3) is 3.12. The van der Waals surface area contributed by atoms with E-state index in [-0.39, 0.29) is 21.3 Å². The molecule has 0 aromatic heterocycles. The molecule has 104 valence electrons. The predicted molar refractivity (Wildman–Crippen MR) is 79.1 cm³/mol. The van der Waals surface area contributed by atoms with E-state index in [1.54, 1.807) is 0 Å². The van der Waals surface area contributed by atoms with Gasteiger partial charge in [0.1, 0.15) is 5.82 Å². The van der Waals surface area contributed by atoms with E-state index in [9.17, 15) is 9.18 Å². The predicted octanol–water partition coefficient (Wildman–Crippen LogP) is 3.56. The van der Waals surface area contributed by atoms with Crippen molar-refractivity contribution in [3.05, 3.63) is 51.8 Å². The summed E-state index contributed by atoms with van der Waals surface area (Å²) in [6, 6.07) is 6.70. The zero-order chi connectivity index (χ0) is 14.9. The van der Waals surface area contributed by atoms with Gasteiger partial charge in [-0.1, -0.05) is 23.2 Å². The number of amides is 1. The number of nitrogens with two attached hydrogens (primary N) is 2. The monoisotopic (exact) mass is 313 g/mol. The third-order valence-corrected chi connectivity index (χ3v) is 3.03. The Morgan fingerprint density at radius 1 is 1.15 bits per heavy atom. The summed E-state index contributed by atoms with van der Waals surface area (Å²) in [5, 5.41) is 3.22. The van der Waals surface area contributed by atoms with Gasteiger partial charge >= 0.3 is 0 Å². The molecule has 0 aliphatic carbocycles. The molecule has 2 aromatic rings. The van der Waals surface area contributed by atoms with E-state index in [1.165, 1.54) is 24.3 Å². The standard InChI is InChI=1S/C13H10Cl2FN3O/c14-6-1-7(16)3-9(2-6)19-12-10(13(18)20)4-8(17)5-11(12)15/h1-5,19H,17H2,(H2,18,20). The maximum absolute atomic E-state index is 13.3. The van der Waals surface area contributed by atoms with Crippen LogP contribution in [0.4, 0.5) is 21.5 Å². The molecule has 0 heterocycles. The minimum atomic E-state index is -0.704. The Bertz CT molecular complexity index is 671. The quantitative estimate of drug-likeness (QED) is 0.758. The molecule has 0 bridgehead atoms. The van der Waals surface area contributed by atoms with Crippen LogP contribution in [0.5, 0.6) is 0 Å². The SMILES string of the molecule is NC(=O)c1cc(N)cc(Cl)c1Nc1cc(F)cc(Cl)c1. The van der Waals surface area contributed by atoms with Crippen LogP contribution in [0.3, 0.4) is 0 Å². The fourth-order valence-corrected chi connectivity index (χ4v) is 2.22. The van der Waals surface area contributed by atoms with Crippen LogP contribution in [-0.2, 0) is 0 Å². The van der Waals surface area contributed by atoms with Crippen molar-refractivity contribution in [1.29, 1.82) is 0 Å². The zero-order valence-corrected chi connectivity index (χ0v) is 11.6. The molecule has 0 atom stereocenters. The van der Waals surface area contributed by atoms with E-state index in [4.69, 9.17) is 34.7 Å². The first kappa shape index (κ1) is 14.4. The minimum Gasteiger partial charge on any atom is -0.399 e. The number of hydrogen-bond acceptors (Lipinski definition) is 3. The minimum absolute atomic E-state index is 0.107. The first-order valence-electron chi connectivity index (χ1n) is 5.49. The molecule has 0 aliphatic rings. The van der Waals surface area contributed by atoms with Gasteiger partial charge in [-0.15, -0.1) is 0 Å². The number of primary amides is 1. The molecule has 0 saturated heterocycles. The fourth-order valence-electron chi connectivity index (χ4n) is 1.72. The molecule has 0 unspecified atom stereocenters. The van der Waals surface area contributed by atoms with Crippen LogP contribution in [0.15, 0.2) is 30.3 Å². The molecular formula is C13H10Cl2FN3O. The zero-order valence-electron chi connectivity index (χ0n) is 10.1. The number of anilines is 3. The first-order valence-corrected chi connectivity index (χ1v) is 6.24. The molecule has 4 nitrogen and oxygen atoms in total. The van der Waals surface area contributed by atoms with Crippen molar-refractivity contribution in [3.63, 3.8) is 0 Å². The summed E-state index contributed by atoms with van der Waals surface area (Å²) in [4.78, 5) is 11.4. The lowest BCUT2D eigenvalue weighted by Crippen LogP contribution is -2.14. The first-order chi connectivity index (χ1) is 9.36. The van der Waals surface area contributed by atoms with Gasteiger partial charge in [-0.05, 0) is 30.3 Å². The largest absolute Gasteiger partial charge is 0.399 e. The summed E-state index contributed by atoms with van der Waals surface area (Å²) < 4.78 is 13.3. The number of halogens is 3. The summed E-state index contributed by atoms with van der Waals surface area (Å²) in [5.74, 6) is -1.23. The van der Waals surface area contributed by atoms with Crippen molar-refractivity contribution in [2.24, 2.45) is 5.73 Å². The number of hydrogen-bond donors (Lipinski definition) is 3. The van der Waals surface area contributed by atoms with Crippen LogP contribution in [0.1, 0.15) is 10.4 Å². The van der Waals surface area contributed by atoms with Crippen LogP contribution in [-0.4, -0.2) is 5.91 Å². The smallest absolute Gasteiger partial charge is 0.250 e. The van der Waals surface area contributed by atoms with E-state index >= 15 is 0 Å². The third-order valence-electron chi connectivity index (χ3n) is 2.51. The Morgan fingerprint density at radius 3 is 2.45 bits per heavy atom. The lowest BCUT2D eigenvalue weighted by atomic mass is 10.1.